The third kappa shape index (κ3) is 2.62. The Morgan fingerprint density at radius 2 is 2.23 bits per heavy atom. The largest absolute Gasteiger partial charge is 0.334 e. The Bertz CT molecular complexity index is 676. The van der Waals surface area contributed by atoms with Crippen LogP contribution in [0.3, 0.4) is 0 Å². The Hall–Kier alpha value is -2.21. The van der Waals surface area contributed by atoms with Crippen molar-refractivity contribution >= 4 is 5.91 Å². The Morgan fingerprint density at radius 1 is 1.41 bits per heavy atom. The van der Waals surface area contributed by atoms with Gasteiger partial charge in [-0.15, -0.1) is 0 Å². The van der Waals surface area contributed by atoms with Gasteiger partial charge in [-0.3, -0.25) is 4.79 Å². The number of hydrogen-bond acceptors (Lipinski definition) is 4. The van der Waals surface area contributed by atoms with Gasteiger partial charge in [0.25, 0.3) is 5.91 Å². The predicted octanol–water partition coefficient (Wildman–Crippen LogP) is 1.45. The summed E-state index contributed by atoms with van der Waals surface area (Å²) in [5.74, 6) is 0.735. The van der Waals surface area contributed by atoms with E-state index in [0.29, 0.717) is 12.1 Å². The smallest absolute Gasteiger partial charge is 0.255 e. The zero-order valence-electron chi connectivity index (χ0n) is 13.0. The molecule has 1 aliphatic heterocycles. The Balaban J connectivity index is 1.82. The molecular weight excluding hydrogens is 278 g/mol. The van der Waals surface area contributed by atoms with Crippen molar-refractivity contribution < 1.29 is 4.79 Å². The molecule has 1 atom stereocenters. The van der Waals surface area contributed by atoms with Crippen LogP contribution >= 0.6 is 0 Å². The standard InChI is InChI=1S/C16H21N5O/c1-11-8-12(2)21(19-11)15-6-5-13(10-18-15)16(22)20-7-3-4-14(20)9-17/h5-6,8,10,14H,3-4,7,9,17H2,1-2H3. The van der Waals surface area contributed by atoms with Gasteiger partial charge in [-0.05, 0) is 44.9 Å². The van der Waals surface area contributed by atoms with Crippen molar-refractivity contribution in [2.24, 2.45) is 5.73 Å². The zero-order valence-corrected chi connectivity index (χ0v) is 13.0. The molecule has 116 valence electrons. The lowest BCUT2D eigenvalue weighted by Crippen LogP contribution is -2.39. The van der Waals surface area contributed by atoms with E-state index in [1.165, 1.54) is 0 Å². The van der Waals surface area contributed by atoms with Crippen LogP contribution in [0.25, 0.3) is 5.82 Å². The number of likely N-dealkylation sites (tertiary alicyclic amines) is 1. The van der Waals surface area contributed by atoms with Crippen LogP contribution < -0.4 is 5.73 Å². The summed E-state index contributed by atoms with van der Waals surface area (Å²) in [4.78, 5) is 18.8. The van der Waals surface area contributed by atoms with E-state index in [9.17, 15) is 4.79 Å². The van der Waals surface area contributed by atoms with Gasteiger partial charge in [0.05, 0.1) is 11.3 Å². The number of amides is 1. The van der Waals surface area contributed by atoms with E-state index in [1.807, 2.05) is 36.9 Å². The molecule has 1 amide bonds. The van der Waals surface area contributed by atoms with Crippen LogP contribution in [0, 0.1) is 13.8 Å². The molecule has 6 heteroatoms. The van der Waals surface area contributed by atoms with E-state index >= 15 is 0 Å². The van der Waals surface area contributed by atoms with E-state index in [2.05, 4.69) is 10.1 Å². The van der Waals surface area contributed by atoms with Crippen molar-refractivity contribution in [1.82, 2.24) is 19.7 Å². The normalized spacial score (nSPS) is 18.0. The number of aromatic nitrogens is 3. The van der Waals surface area contributed by atoms with E-state index < -0.39 is 0 Å². The van der Waals surface area contributed by atoms with Crippen LogP contribution in [-0.4, -0.2) is 44.7 Å². The van der Waals surface area contributed by atoms with E-state index in [-0.39, 0.29) is 11.9 Å². The summed E-state index contributed by atoms with van der Waals surface area (Å²) in [5, 5.41) is 4.40. The molecule has 22 heavy (non-hydrogen) atoms. The van der Waals surface area contributed by atoms with Crippen molar-refractivity contribution in [2.45, 2.75) is 32.7 Å². The molecule has 1 aliphatic rings. The number of nitrogens with two attached hydrogens (primary N) is 1. The summed E-state index contributed by atoms with van der Waals surface area (Å²) in [6.07, 6.45) is 3.63. The average Bonchev–Trinajstić information content (AvgIpc) is 3.12. The fourth-order valence-corrected chi connectivity index (χ4v) is 3.01. The third-order valence-corrected chi connectivity index (χ3v) is 4.13. The first-order chi connectivity index (χ1) is 10.6. The SMILES string of the molecule is Cc1cc(C)n(-c2ccc(C(=O)N3CCCC3CN)cn2)n1. The minimum Gasteiger partial charge on any atom is -0.334 e. The maximum Gasteiger partial charge on any atom is 0.255 e. The van der Waals surface area contributed by atoms with Crippen LogP contribution in [0.15, 0.2) is 24.4 Å². The average molecular weight is 299 g/mol. The first-order valence-electron chi connectivity index (χ1n) is 7.61. The van der Waals surface area contributed by atoms with E-state index in [4.69, 9.17) is 5.73 Å². The summed E-state index contributed by atoms with van der Waals surface area (Å²) in [6, 6.07) is 5.80. The second-order valence-electron chi connectivity index (χ2n) is 5.77. The van der Waals surface area contributed by atoms with Crippen LogP contribution in [0.5, 0.6) is 0 Å². The Labute approximate surface area is 129 Å². The van der Waals surface area contributed by atoms with Crippen LogP contribution in [0.4, 0.5) is 0 Å². The second kappa shape index (κ2) is 5.88. The van der Waals surface area contributed by atoms with Gasteiger partial charge in [0, 0.05) is 31.0 Å². The molecular formula is C16H21N5O. The molecule has 6 nitrogen and oxygen atoms in total. The Morgan fingerprint density at radius 3 is 2.82 bits per heavy atom. The van der Waals surface area contributed by atoms with Crippen molar-refractivity contribution in [3.05, 3.63) is 41.3 Å². The molecule has 0 aliphatic carbocycles. The minimum absolute atomic E-state index is 0.0142. The number of hydrogen-bond donors (Lipinski definition) is 1. The summed E-state index contributed by atoms with van der Waals surface area (Å²) in [6.45, 7) is 5.22. The van der Waals surface area contributed by atoms with Gasteiger partial charge in [-0.2, -0.15) is 5.10 Å². The molecule has 1 fully saturated rings. The number of nitrogens with zero attached hydrogens (tertiary/aromatic N) is 4. The number of carbonyl (C=O) groups excluding carboxylic acids is 1. The summed E-state index contributed by atoms with van der Waals surface area (Å²) >= 11 is 0. The van der Waals surface area contributed by atoms with Crippen molar-refractivity contribution in [3.63, 3.8) is 0 Å². The topological polar surface area (TPSA) is 77.0 Å². The molecule has 2 N–H and O–H groups in total. The third-order valence-electron chi connectivity index (χ3n) is 4.13. The number of aryl methyl sites for hydroxylation is 2. The lowest BCUT2D eigenvalue weighted by atomic mass is 10.2. The molecule has 0 radical (unpaired) electrons. The lowest BCUT2D eigenvalue weighted by Gasteiger charge is -2.23. The minimum atomic E-state index is 0.0142. The lowest BCUT2D eigenvalue weighted by molar-refractivity contribution is 0.0741. The maximum atomic E-state index is 12.5. The van der Waals surface area contributed by atoms with Crippen molar-refractivity contribution in [3.8, 4) is 5.82 Å². The zero-order chi connectivity index (χ0) is 15.7. The predicted molar refractivity (Wildman–Crippen MR) is 83.9 cm³/mol. The first-order valence-corrected chi connectivity index (χ1v) is 7.61. The van der Waals surface area contributed by atoms with Crippen LogP contribution in [0.2, 0.25) is 0 Å². The quantitative estimate of drug-likeness (QED) is 0.930. The highest BCUT2D eigenvalue weighted by Crippen LogP contribution is 2.19. The molecule has 2 aromatic rings. The fourth-order valence-electron chi connectivity index (χ4n) is 3.01. The van der Waals surface area contributed by atoms with E-state index in [0.717, 1.165) is 36.6 Å². The molecule has 3 heterocycles. The van der Waals surface area contributed by atoms with Crippen LogP contribution in [-0.2, 0) is 0 Å². The molecule has 0 bridgehead atoms. The molecule has 1 saturated heterocycles. The molecule has 1 unspecified atom stereocenters. The van der Waals surface area contributed by atoms with Gasteiger partial charge >= 0.3 is 0 Å². The number of pyridine rings is 1. The molecule has 3 rings (SSSR count). The second-order valence-corrected chi connectivity index (χ2v) is 5.77. The molecule has 0 spiro atoms. The van der Waals surface area contributed by atoms with Gasteiger partial charge in [0.2, 0.25) is 0 Å². The highest BCUT2D eigenvalue weighted by Gasteiger charge is 2.28. The van der Waals surface area contributed by atoms with Gasteiger partial charge in [-0.25, -0.2) is 9.67 Å². The summed E-state index contributed by atoms with van der Waals surface area (Å²) < 4.78 is 1.78. The van der Waals surface area contributed by atoms with Gasteiger partial charge in [-0.1, -0.05) is 0 Å². The van der Waals surface area contributed by atoms with Gasteiger partial charge in [0.1, 0.15) is 0 Å². The number of rotatable bonds is 3. The summed E-state index contributed by atoms with van der Waals surface area (Å²) in [7, 11) is 0. The summed E-state index contributed by atoms with van der Waals surface area (Å²) in [5.41, 5.74) is 8.31. The number of carbonyl (C=O) groups is 1. The Kier molecular flexibility index (Phi) is 3.94. The fraction of sp³-hybridized carbons (Fsp3) is 0.438. The van der Waals surface area contributed by atoms with E-state index in [1.54, 1.807) is 10.9 Å². The van der Waals surface area contributed by atoms with Gasteiger partial charge < -0.3 is 10.6 Å². The molecule has 0 saturated carbocycles. The maximum absolute atomic E-state index is 12.5. The van der Waals surface area contributed by atoms with Crippen LogP contribution in [0.1, 0.15) is 34.6 Å². The van der Waals surface area contributed by atoms with Crippen molar-refractivity contribution in [1.29, 1.82) is 0 Å². The molecule has 2 aromatic heterocycles. The monoisotopic (exact) mass is 299 g/mol. The molecule has 0 aromatic carbocycles. The first kappa shape index (κ1) is 14.7. The van der Waals surface area contributed by atoms with Crippen molar-refractivity contribution in [2.75, 3.05) is 13.1 Å². The highest BCUT2D eigenvalue weighted by atomic mass is 16.2. The highest BCUT2D eigenvalue weighted by molar-refractivity contribution is 5.94. The van der Waals surface area contributed by atoms with Gasteiger partial charge in [0.15, 0.2) is 5.82 Å².